The molecular weight excluding hydrogens is 362 g/mol. The summed E-state index contributed by atoms with van der Waals surface area (Å²) in [4.78, 5) is 8.80. The number of rotatable bonds is 6. The Balaban J connectivity index is 1.41. The topological polar surface area (TPSA) is 78.8 Å². The van der Waals surface area contributed by atoms with Crippen LogP contribution in [0.3, 0.4) is 0 Å². The number of para-hydroxylation sites is 1. The fourth-order valence-electron chi connectivity index (χ4n) is 3.26. The summed E-state index contributed by atoms with van der Waals surface area (Å²) in [6, 6.07) is 19.6. The van der Waals surface area contributed by atoms with Crippen LogP contribution in [0.2, 0.25) is 0 Å². The minimum atomic E-state index is 0.544. The van der Waals surface area contributed by atoms with E-state index in [0.717, 1.165) is 39.7 Å². The van der Waals surface area contributed by atoms with Crippen LogP contribution in [0.4, 0.5) is 5.82 Å². The monoisotopic (exact) mass is 385 g/mol. The van der Waals surface area contributed by atoms with Gasteiger partial charge in [-0.05, 0) is 60.9 Å². The Bertz CT molecular complexity index is 1080. The molecule has 146 valence electrons. The summed E-state index contributed by atoms with van der Waals surface area (Å²) >= 11 is 0. The molecular formula is C23H23N5O. The van der Waals surface area contributed by atoms with Gasteiger partial charge in [0.1, 0.15) is 23.6 Å². The molecule has 4 rings (SSSR count). The molecule has 4 aromatic rings. The Labute approximate surface area is 170 Å². The number of ether oxygens (including phenoxy) is 1. The van der Waals surface area contributed by atoms with Crippen molar-refractivity contribution in [3.63, 3.8) is 0 Å². The molecule has 2 aromatic heterocycles. The van der Waals surface area contributed by atoms with E-state index in [1.165, 1.54) is 0 Å². The number of hydrogen-bond donors (Lipinski definition) is 1. The van der Waals surface area contributed by atoms with Crippen LogP contribution in [0.15, 0.2) is 67.0 Å². The van der Waals surface area contributed by atoms with E-state index >= 15 is 0 Å². The maximum Gasteiger partial charge on any atom is 0.154 e. The molecule has 0 amide bonds. The molecule has 0 aliphatic heterocycles. The highest BCUT2D eigenvalue weighted by Crippen LogP contribution is 2.22. The third-order valence-corrected chi connectivity index (χ3v) is 4.74. The van der Waals surface area contributed by atoms with Gasteiger partial charge < -0.3 is 10.5 Å². The minimum Gasteiger partial charge on any atom is -0.457 e. The first-order valence-electron chi connectivity index (χ1n) is 9.49. The predicted octanol–water partition coefficient (Wildman–Crippen LogP) is 4.30. The highest BCUT2D eigenvalue weighted by Gasteiger charge is 2.09. The number of nitrogens with two attached hydrogens (primary N) is 1. The Hall–Kier alpha value is -3.67. The number of aryl methyl sites for hydroxylation is 2. The first kappa shape index (κ1) is 18.7. The molecule has 0 radical (unpaired) electrons. The zero-order valence-electron chi connectivity index (χ0n) is 16.5. The number of pyridine rings is 1. The Morgan fingerprint density at radius 3 is 2.41 bits per heavy atom. The predicted molar refractivity (Wildman–Crippen MR) is 113 cm³/mol. The van der Waals surface area contributed by atoms with Crippen molar-refractivity contribution in [2.45, 2.75) is 26.8 Å². The van der Waals surface area contributed by atoms with Gasteiger partial charge in [-0.3, -0.25) is 0 Å². The van der Waals surface area contributed by atoms with E-state index in [1.807, 2.05) is 79.2 Å². The smallest absolute Gasteiger partial charge is 0.154 e. The summed E-state index contributed by atoms with van der Waals surface area (Å²) in [6.07, 6.45) is 2.42. The molecule has 2 aromatic carbocycles. The number of anilines is 1. The van der Waals surface area contributed by atoms with Crippen molar-refractivity contribution in [1.29, 1.82) is 0 Å². The standard InChI is InChI=1S/C23H23N5O/c1-16-12-22(24)26-17(2)21(16)14-28-15-25-23(27-28)13-18-8-10-20(11-9-18)29-19-6-4-3-5-7-19/h3-12,15H,13-14H2,1-2H3,(H2,24,26). The van der Waals surface area contributed by atoms with Crippen LogP contribution in [0.5, 0.6) is 11.5 Å². The van der Waals surface area contributed by atoms with Gasteiger partial charge >= 0.3 is 0 Å². The summed E-state index contributed by atoms with van der Waals surface area (Å²) in [5.74, 6) is 2.95. The molecule has 0 saturated heterocycles. The average Bonchev–Trinajstić information content (AvgIpc) is 3.14. The lowest BCUT2D eigenvalue weighted by Gasteiger charge is -2.09. The quantitative estimate of drug-likeness (QED) is 0.535. The number of hydrogen-bond acceptors (Lipinski definition) is 5. The highest BCUT2D eigenvalue weighted by molar-refractivity contribution is 5.40. The molecule has 0 aliphatic rings. The molecule has 0 unspecified atom stereocenters. The lowest BCUT2D eigenvalue weighted by atomic mass is 10.1. The van der Waals surface area contributed by atoms with Crippen LogP contribution in [-0.2, 0) is 13.0 Å². The third-order valence-electron chi connectivity index (χ3n) is 4.74. The zero-order chi connectivity index (χ0) is 20.2. The molecule has 0 saturated carbocycles. The van der Waals surface area contributed by atoms with Crippen LogP contribution < -0.4 is 10.5 Å². The van der Waals surface area contributed by atoms with Crippen molar-refractivity contribution in [3.05, 3.63) is 95.2 Å². The molecule has 6 heteroatoms. The van der Waals surface area contributed by atoms with Gasteiger partial charge in [-0.25, -0.2) is 14.6 Å². The third kappa shape index (κ3) is 4.60. The zero-order valence-corrected chi connectivity index (χ0v) is 16.5. The summed E-state index contributed by atoms with van der Waals surface area (Å²) in [5.41, 5.74) is 10.1. The Kier molecular flexibility index (Phi) is 5.24. The number of nitrogens with zero attached hydrogens (tertiary/aromatic N) is 4. The SMILES string of the molecule is Cc1cc(N)nc(C)c1Cn1cnc(Cc2ccc(Oc3ccccc3)cc2)n1. The van der Waals surface area contributed by atoms with E-state index in [-0.39, 0.29) is 0 Å². The molecule has 0 bridgehead atoms. The Morgan fingerprint density at radius 2 is 1.69 bits per heavy atom. The maximum absolute atomic E-state index is 5.83. The van der Waals surface area contributed by atoms with Gasteiger partial charge in [-0.15, -0.1) is 0 Å². The van der Waals surface area contributed by atoms with Crippen molar-refractivity contribution < 1.29 is 4.74 Å². The number of nitrogen functional groups attached to an aromatic ring is 1. The van der Waals surface area contributed by atoms with Gasteiger partial charge in [0.15, 0.2) is 5.82 Å². The fraction of sp³-hybridized carbons (Fsp3) is 0.174. The van der Waals surface area contributed by atoms with Crippen LogP contribution in [0.25, 0.3) is 0 Å². The highest BCUT2D eigenvalue weighted by atomic mass is 16.5. The second kappa shape index (κ2) is 8.14. The first-order chi connectivity index (χ1) is 14.1. The van der Waals surface area contributed by atoms with Crippen molar-refractivity contribution in [1.82, 2.24) is 19.7 Å². The van der Waals surface area contributed by atoms with E-state index in [2.05, 4.69) is 15.1 Å². The minimum absolute atomic E-state index is 0.544. The van der Waals surface area contributed by atoms with E-state index in [1.54, 1.807) is 6.33 Å². The Morgan fingerprint density at radius 1 is 0.966 bits per heavy atom. The summed E-state index contributed by atoms with van der Waals surface area (Å²) in [7, 11) is 0. The number of benzene rings is 2. The van der Waals surface area contributed by atoms with Crippen molar-refractivity contribution in [3.8, 4) is 11.5 Å². The molecule has 6 nitrogen and oxygen atoms in total. The summed E-state index contributed by atoms with van der Waals surface area (Å²) in [5, 5.41) is 4.61. The maximum atomic E-state index is 5.83. The molecule has 29 heavy (non-hydrogen) atoms. The van der Waals surface area contributed by atoms with Crippen LogP contribution >= 0.6 is 0 Å². The lowest BCUT2D eigenvalue weighted by Crippen LogP contribution is -2.07. The van der Waals surface area contributed by atoms with Crippen molar-refractivity contribution >= 4 is 5.82 Å². The van der Waals surface area contributed by atoms with Gasteiger partial charge in [-0.1, -0.05) is 30.3 Å². The largest absolute Gasteiger partial charge is 0.457 e. The van der Waals surface area contributed by atoms with E-state index in [9.17, 15) is 0 Å². The number of aromatic nitrogens is 4. The van der Waals surface area contributed by atoms with Gasteiger partial charge in [0, 0.05) is 12.1 Å². The van der Waals surface area contributed by atoms with E-state index in [0.29, 0.717) is 18.8 Å². The fourth-order valence-corrected chi connectivity index (χ4v) is 3.26. The van der Waals surface area contributed by atoms with E-state index < -0.39 is 0 Å². The molecule has 2 heterocycles. The van der Waals surface area contributed by atoms with Gasteiger partial charge in [0.25, 0.3) is 0 Å². The average molecular weight is 385 g/mol. The summed E-state index contributed by atoms with van der Waals surface area (Å²) in [6.45, 7) is 4.63. The van der Waals surface area contributed by atoms with E-state index in [4.69, 9.17) is 10.5 Å². The van der Waals surface area contributed by atoms with Crippen LogP contribution in [-0.4, -0.2) is 19.7 Å². The normalized spacial score (nSPS) is 10.8. The molecule has 0 atom stereocenters. The van der Waals surface area contributed by atoms with Gasteiger partial charge in [0.2, 0.25) is 0 Å². The molecule has 0 aliphatic carbocycles. The van der Waals surface area contributed by atoms with Crippen LogP contribution in [0.1, 0.15) is 28.2 Å². The van der Waals surface area contributed by atoms with Crippen LogP contribution in [0, 0.1) is 13.8 Å². The van der Waals surface area contributed by atoms with Gasteiger partial charge in [0.05, 0.1) is 6.54 Å². The second-order valence-corrected chi connectivity index (χ2v) is 7.02. The van der Waals surface area contributed by atoms with Crippen molar-refractivity contribution in [2.75, 3.05) is 5.73 Å². The van der Waals surface area contributed by atoms with Gasteiger partial charge in [-0.2, -0.15) is 5.10 Å². The lowest BCUT2D eigenvalue weighted by molar-refractivity contribution is 0.482. The molecule has 0 fully saturated rings. The van der Waals surface area contributed by atoms with Crippen molar-refractivity contribution in [2.24, 2.45) is 0 Å². The summed E-state index contributed by atoms with van der Waals surface area (Å²) < 4.78 is 7.68. The second-order valence-electron chi connectivity index (χ2n) is 7.02. The molecule has 0 spiro atoms. The first-order valence-corrected chi connectivity index (χ1v) is 9.49. The molecule has 2 N–H and O–H groups in total.